The molecule has 3 heteroatoms. The van der Waals surface area contributed by atoms with Gasteiger partial charge < -0.3 is 4.74 Å². The highest BCUT2D eigenvalue weighted by Gasteiger charge is 2.59. The lowest BCUT2D eigenvalue weighted by Crippen LogP contribution is -2.52. The van der Waals surface area contributed by atoms with Gasteiger partial charge in [0.15, 0.2) is 5.78 Å². The van der Waals surface area contributed by atoms with Crippen molar-refractivity contribution in [1.29, 1.82) is 0 Å². The SMILES string of the molecule is CC(=O)OC1CCC2(C)C(C1)C(=O)C=C1C2CCC2(C)C1CCC2C(C)C=CC(C)C(C)C. The average molecular weight is 455 g/mol. The van der Waals surface area contributed by atoms with E-state index in [9.17, 15) is 9.59 Å². The van der Waals surface area contributed by atoms with E-state index in [0.29, 0.717) is 53.1 Å². The number of hydrogen-bond acceptors (Lipinski definition) is 3. The zero-order valence-electron chi connectivity index (χ0n) is 22.0. The highest BCUT2D eigenvalue weighted by Crippen LogP contribution is 2.66. The number of allylic oxidation sites excluding steroid dienone is 4. The number of rotatable bonds is 5. The minimum atomic E-state index is -0.223. The molecular formula is C30H46O3. The van der Waals surface area contributed by atoms with Crippen molar-refractivity contribution in [2.45, 2.75) is 99.5 Å². The molecule has 0 aliphatic heterocycles. The van der Waals surface area contributed by atoms with Gasteiger partial charge >= 0.3 is 5.97 Å². The van der Waals surface area contributed by atoms with Crippen molar-refractivity contribution in [3.63, 3.8) is 0 Å². The molecule has 9 unspecified atom stereocenters. The fourth-order valence-electron chi connectivity index (χ4n) is 8.28. The third kappa shape index (κ3) is 4.27. The fourth-order valence-corrected chi connectivity index (χ4v) is 8.28. The standard InChI is InChI=1S/C30H46O3/c1-18(2)19(3)8-9-20(4)24-10-11-25-23-17-28(32)27-16-22(33-21(5)31)12-14-30(27,7)26(23)13-15-29(24,25)6/h8-9,17-20,22,24-27H,10-16H2,1-7H3. The Bertz CT molecular complexity index is 837. The Kier molecular flexibility index (Phi) is 6.75. The summed E-state index contributed by atoms with van der Waals surface area (Å²) in [4.78, 5) is 24.9. The lowest BCUT2D eigenvalue weighted by Gasteiger charge is -2.57. The van der Waals surface area contributed by atoms with Gasteiger partial charge in [-0.05, 0) is 97.4 Å². The van der Waals surface area contributed by atoms with Crippen molar-refractivity contribution >= 4 is 11.8 Å². The quantitative estimate of drug-likeness (QED) is 0.327. The molecule has 4 aliphatic carbocycles. The molecule has 3 fully saturated rings. The number of hydrogen-bond donors (Lipinski definition) is 0. The van der Waals surface area contributed by atoms with Crippen molar-refractivity contribution in [3.8, 4) is 0 Å². The minimum absolute atomic E-state index is 0.00489. The van der Waals surface area contributed by atoms with Gasteiger partial charge in [-0.25, -0.2) is 0 Å². The summed E-state index contributed by atoms with van der Waals surface area (Å²) < 4.78 is 5.53. The molecule has 3 nitrogen and oxygen atoms in total. The summed E-state index contributed by atoms with van der Waals surface area (Å²) in [5.41, 5.74) is 1.80. The highest BCUT2D eigenvalue weighted by molar-refractivity contribution is 5.94. The number of carbonyl (C=O) groups excluding carboxylic acids is 2. The lowest BCUT2D eigenvalue weighted by atomic mass is 9.47. The van der Waals surface area contributed by atoms with Crippen LogP contribution in [0.1, 0.15) is 93.4 Å². The van der Waals surface area contributed by atoms with E-state index in [1.807, 2.05) is 0 Å². The molecule has 4 aliphatic rings. The molecule has 0 spiro atoms. The Hall–Kier alpha value is -1.38. The number of fused-ring (bicyclic) bond motifs is 5. The molecule has 33 heavy (non-hydrogen) atoms. The Morgan fingerprint density at radius 3 is 2.30 bits per heavy atom. The highest BCUT2D eigenvalue weighted by atomic mass is 16.5. The first-order chi connectivity index (χ1) is 15.5. The van der Waals surface area contributed by atoms with Crippen LogP contribution in [0.15, 0.2) is 23.8 Å². The Morgan fingerprint density at radius 1 is 0.970 bits per heavy atom. The monoisotopic (exact) mass is 454 g/mol. The van der Waals surface area contributed by atoms with Crippen LogP contribution in [0.2, 0.25) is 0 Å². The largest absolute Gasteiger partial charge is 0.463 e. The van der Waals surface area contributed by atoms with Crippen LogP contribution in [0.4, 0.5) is 0 Å². The number of esters is 1. The molecule has 3 saturated carbocycles. The first-order valence-corrected chi connectivity index (χ1v) is 13.6. The smallest absolute Gasteiger partial charge is 0.302 e. The van der Waals surface area contributed by atoms with E-state index < -0.39 is 0 Å². The van der Waals surface area contributed by atoms with Crippen LogP contribution in [0.3, 0.4) is 0 Å². The van der Waals surface area contributed by atoms with Gasteiger partial charge in [0, 0.05) is 12.8 Å². The molecule has 0 saturated heterocycles. The Balaban J connectivity index is 1.56. The first kappa shape index (κ1) is 24.7. The maximum absolute atomic E-state index is 13.4. The molecule has 9 atom stereocenters. The predicted molar refractivity (Wildman–Crippen MR) is 133 cm³/mol. The number of ketones is 1. The second kappa shape index (κ2) is 9.00. The zero-order chi connectivity index (χ0) is 24.1. The summed E-state index contributed by atoms with van der Waals surface area (Å²) >= 11 is 0. The normalized spacial score (nSPS) is 42.4. The van der Waals surface area contributed by atoms with E-state index in [4.69, 9.17) is 4.74 Å². The van der Waals surface area contributed by atoms with Crippen LogP contribution < -0.4 is 0 Å². The van der Waals surface area contributed by atoms with E-state index >= 15 is 0 Å². The molecular weight excluding hydrogens is 408 g/mol. The van der Waals surface area contributed by atoms with Crippen LogP contribution in [-0.2, 0) is 14.3 Å². The minimum Gasteiger partial charge on any atom is -0.463 e. The molecule has 0 heterocycles. The van der Waals surface area contributed by atoms with Gasteiger partial charge in [0.1, 0.15) is 6.10 Å². The molecule has 0 amide bonds. The van der Waals surface area contributed by atoms with Crippen LogP contribution >= 0.6 is 0 Å². The summed E-state index contributed by atoms with van der Waals surface area (Å²) in [6.07, 6.45) is 14.5. The summed E-state index contributed by atoms with van der Waals surface area (Å²) in [7, 11) is 0. The topological polar surface area (TPSA) is 43.4 Å². The average Bonchev–Trinajstić information content (AvgIpc) is 3.10. The van der Waals surface area contributed by atoms with E-state index in [1.165, 1.54) is 38.2 Å². The van der Waals surface area contributed by atoms with Crippen molar-refractivity contribution in [2.75, 3.05) is 0 Å². The molecule has 0 radical (unpaired) electrons. The van der Waals surface area contributed by atoms with E-state index in [0.717, 1.165) is 12.8 Å². The summed E-state index contributed by atoms with van der Waals surface area (Å²) in [5.74, 6) is 3.72. The second-order valence-corrected chi connectivity index (χ2v) is 12.8. The van der Waals surface area contributed by atoms with Crippen molar-refractivity contribution in [2.24, 2.45) is 52.3 Å². The van der Waals surface area contributed by atoms with E-state index in [-0.39, 0.29) is 23.4 Å². The molecule has 0 aromatic rings. The third-order valence-corrected chi connectivity index (χ3v) is 10.7. The van der Waals surface area contributed by atoms with Gasteiger partial charge in [0.05, 0.1) is 0 Å². The van der Waals surface area contributed by atoms with Crippen LogP contribution in [0, 0.1) is 52.3 Å². The summed E-state index contributed by atoms with van der Waals surface area (Å²) in [6, 6.07) is 0. The van der Waals surface area contributed by atoms with Crippen LogP contribution in [-0.4, -0.2) is 17.9 Å². The van der Waals surface area contributed by atoms with Gasteiger partial charge in [-0.3, -0.25) is 9.59 Å². The van der Waals surface area contributed by atoms with Gasteiger partial charge in [-0.1, -0.05) is 59.3 Å². The fraction of sp³-hybridized carbons (Fsp3) is 0.800. The maximum Gasteiger partial charge on any atom is 0.302 e. The molecule has 4 rings (SSSR count). The van der Waals surface area contributed by atoms with Crippen molar-refractivity contribution < 1.29 is 14.3 Å². The Morgan fingerprint density at radius 2 is 1.64 bits per heavy atom. The van der Waals surface area contributed by atoms with Gasteiger partial charge in [0.2, 0.25) is 0 Å². The first-order valence-electron chi connectivity index (χ1n) is 13.6. The number of ether oxygens (including phenoxy) is 1. The predicted octanol–water partition coefficient (Wildman–Crippen LogP) is 7.16. The van der Waals surface area contributed by atoms with E-state index in [1.54, 1.807) is 0 Å². The zero-order valence-corrected chi connectivity index (χ0v) is 22.0. The second-order valence-electron chi connectivity index (χ2n) is 12.8. The summed E-state index contributed by atoms with van der Waals surface area (Å²) in [6.45, 7) is 15.7. The molecule has 0 N–H and O–H groups in total. The van der Waals surface area contributed by atoms with Crippen molar-refractivity contribution in [1.82, 2.24) is 0 Å². The van der Waals surface area contributed by atoms with Crippen molar-refractivity contribution in [3.05, 3.63) is 23.8 Å². The molecule has 0 aromatic heterocycles. The summed E-state index contributed by atoms with van der Waals surface area (Å²) in [5, 5.41) is 0. The molecule has 0 bridgehead atoms. The van der Waals surface area contributed by atoms with Gasteiger partial charge in [-0.15, -0.1) is 0 Å². The van der Waals surface area contributed by atoms with Gasteiger partial charge in [0.25, 0.3) is 0 Å². The van der Waals surface area contributed by atoms with E-state index in [2.05, 4.69) is 59.8 Å². The van der Waals surface area contributed by atoms with Gasteiger partial charge in [-0.2, -0.15) is 0 Å². The van der Waals surface area contributed by atoms with Crippen LogP contribution in [0.5, 0.6) is 0 Å². The lowest BCUT2D eigenvalue weighted by molar-refractivity contribution is -0.155. The maximum atomic E-state index is 13.4. The third-order valence-electron chi connectivity index (χ3n) is 10.7. The Labute approximate surface area is 201 Å². The van der Waals surface area contributed by atoms with Crippen LogP contribution in [0.25, 0.3) is 0 Å². The molecule has 0 aromatic carbocycles. The molecule has 184 valence electrons. The number of carbonyl (C=O) groups is 2.